The summed E-state index contributed by atoms with van der Waals surface area (Å²) >= 11 is 0. The summed E-state index contributed by atoms with van der Waals surface area (Å²) in [6.07, 6.45) is 2.61. The van der Waals surface area contributed by atoms with E-state index >= 15 is 0 Å². The van der Waals surface area contributed by atoms with Crippen molar-refractivity contribution in [2.24, 2.45) is 10.2 Å². The van der Waals surface area contributed by atoms with E-state index in [1.807, 2.05) is 19.9 Å². The van der Waals surface area contributed by atoms with Gasteiger partial charge in [0.1, 0.15) is 0 Å². The first-order chi connectivity index (χ1) is 6.27. The van der Waals surface area contributed by atoms with E-state index in [-0.39, 0.29) is 0 Å². The second-order valence-corrected chi connectivity index (χ2v) is 3.17. The summed E-state index contributed by atoms with van der Waals surface area (Å²) in [5.41, 5.74) is 4.14. The van der Waals surface area contributed by atoms with Gasteiger partial charge in [-0.2, -0.15) is 10.2 Å². The molecule has 3 heteroatoms. The quantitative estimate of drug-likeness (QED) is 0.638. The fraction of sp³-hybridized carbons (Fsp3) is 0.300. The van der Waals surface area contributed by atoms with Gasteiger partial charge in [-0.3, -0.25) is 4.98 Å². The van der Waals surface area contributed by atoms with Gasteiger partial charge in [-0.05, 0) is 25.5 Å². The summed E-state index contributed by atoms with van der Waals surface area (Å²) in [5.74, 6) is 0. The van der Waals surface area contributed by atoms with Gasteiger partial charge in [0.05, 0.1) is 11.4 Å². The van der Waals surface area contributed by atoms with Crippen molar-refractivity contribution in [3.8, 4) is 0 Å². The Kier molecular flexibility index (Phi) is 1.93. The van der Waals surface area contributed by atoms with Crippen LogP contribution in [-0.2, 0) is 0 Å². The lowest BCUT2D eigenvalue weighted by Crippen LogP contribution is -2.05. The molecule has 1 aliphatic rings. The van der Waals surface area contributed by atoms with Gasteiger partial charge in [-0.1, -0.05) is 6.07 Å². The van der Waals surface area contributed by atoms with Crippen molar-refractivity contribution in [3.05, 3.63) is 29.1 Å². The van der Waals surface area contributed by atoms with Crippen molar-refractivity contribution in [2.75, 3.05) is 0 Å². The van der Waals surface area contributed by atoms with Crippen molar-refractivity contribution in [3.63, 3.8) is 0 Å². The van der Waals surface area contributed by atoms with Crippen LogP contribution in [-0.4, -0.2) is 16.9 Å². The average Bonchev–Trinajstić information content (AvgIpc) is 2.61. The molecule has 0 atom stereocenters. The van der Waals surface area contributed by atoms with Crippen LogP contribution >= 0.6 is 0 Å². The molecule has 1 aliphatic heterocycles. The summed E-state index contributed by atoms with van der Waals surface area (Å²) in [6.45, 7) is 4.03. The Morgan fingerprint density at radius 2 is 2.08 bits per heavy atom. The normalized spacial score (nSPS) is 14.8. The summed E-state index contributed by atoms with van der Waals surface area (Å²) in [6, 6.07) is 4.08. The molecule has 3 nitrogen and oxygen atoms in total. The van der Waals surface area contributed by atoms with Crippen LogP contribution in [0.2, 0.25) is 0 Å². The van der Waals surface area contributed by atoms with Crippen LogP contribution in [0.3, 0.4) is 0 Å². The second kappa shape index (κ2) is 3.09. The molecule has 1 aromatic heterocycles. The van der Waals surface area contributed by atoms with E-state index in [0.717, 1.165) is 29.1 Å². The molecule has 0 spiro atoms. The maximum atomic E-state index is 4.44. The number of nitrogens with zero attached hydrogens (tertiary/aromatic N) is 3. The topological polar surface area (TPSA) is 37.6 Å². The van der Waals surface area contributed by atoms with Crippen molar-refractivity contribution in [1.29, 1.82) is 0 Å². The Morgan fingerprint density at radius 3 is 2.77 bits per heavy atom. The molecule has 0 saturated carbocycles. The zero-order valence-corrected chi connectivity index (χ0v) is 7.78. The van der Waals surface area contributed by atoms with Gasteiger partial charge < -0.3 is 0 Å². The predicted octanol–water partition coefficient (Wildman–Crippen LogP) is 1.88. The molecule has 66 valence electrons. The van der Waals surface area contributed by atoms with E-state index in [4.69, 9.17) is 0 Å². The summed E-state index contributed by atoms with van der Waals surface area (Å²) in [5, 5.41) is 7.87. The second-order valence-electron chi connectivity index (χ2n) is 3.17. The fourth-order valence-electron chi connectivity index (χ4n) is 1.34. The monoisotopic (exact) mass is 173 g/mol. The number of aromatic nitrogens is 1. The molecule has 0 radical (unpaired) electrons. The lowest BCUT2D eigenvalue weighted by molar-refractivity contribution is 1.13. The molecule has 0 amide bonds. The Labute approximate surface area is 77.2 Å². The highest BCUT2D eigenvalue weighted by Gasteiger charge is 2.10. The van der Waals surface area contributed by atoms with Gasteiger partial charge in [0, 0.05) is 18.3 Å². The zero-order valence-electron chi connectivity index (χ0n) is 7.78. The predicted molar refractivity (Wildman–Crippen MR) is 53.4 cm³/mol. The van der Waals surface area contributed by atoms with Crippen molar-refractivity contribution in [2.45, 2.75) is 20.3 Å². The van der Waals surface area contributed by atoms with Gasteiger partial charge in [-0.25, -0.2) is 0 Å². The number of hydrogen-bond acceptors (Lipinski definition) is 3. The van der Waals surface area contributed by atoms with E-state index in [1.54, 1.807) is 6.21 Å². The smallest absolute Gasteiger partial charge is 0.0943 e. The van der Waals surface area contributed by atoms with Crippen LogP contribution in [0.4, 0.5) is 0 Å². The lowest BCUT2D eigenvalue weighted by Gasteiger charge is -2.03. The van der Waals surface area contributed by atoms with Crippen LogP contribution < -0.4 is 0 Å². The maximum absolute atomic E-state index is 4.44. The number of hydrogen-bond donors (Lipinski definition) is 0. The Bertz CT molecular complexity index is 391. The number of aryl methyl sites for hydroxylation is 2. The number of pyridine rings is 1. The third-order valence-electron chi connectivity index (χ3n) is 2.05. The molecule has 2 rings (SSSR count). The molecule has 13 heavy (non-hydrogen) atoms. The standard InChI is InChI=1S/C10H11N3/c1-7-3-4-8(2)12-10(7)9-5-6-11-13-9/h3-4,6H,5H2,1-2H3. The van der Waals surface area contributed by atoms with E-state index in [2.05, 4.69) is 21.3 Å². The molecule has 0 fully saturated rings. The van der Waals surface area contributed by atoms with Gasteiger partial charge >= 0.3 is 0 Å². The number of rotatable bonds is 1. The Hall–Kier alpha value is -1.51. The molecule has 0 N–H and O–H groups in total. The SMILES string of the molecule is Cc1ccc(C)c(C2=NN=CC2)n1. The molecular formula is C10H11N3. The first-order valence-electron chi connectivity index (χ1n) is 4.30. The molecule has 1 aromatic rings. The molecule has 0 bridgehead atoms. The summed E-state index contributed by atoms with van der Waals surface area (Å²) in [7, 11) is 0. The van der Waals surface area contributed by atoms with Crippen LogP contribution in [0.15, 0.2) is 22.3 Å². The van der Waals surface area contributed by atoms with Crippen molar-refractivity contribution < 1.29 is 0 Å². The van der Waals surface area contributed by atoms with Crippen LogP contribution in [0.5, 0.6) is 0 Å². The molecule has 2 heterocycles. The molecular weight excluding hydrogens is 162 g/mol. The largest absolute Gasteiger partial charge is 0.251 e. The van der Waals surface area contributed by atoms with Crippen molar-refractivity contribution in [1.82, 2.24) is 4.98 Å². The first-order valence-corrected chi connectivity index (χ1v) is 4.30. The Morgan fingerprint density at radius 1 is 1.23 bits per heavy atom. The minimum atomic E-state index is 0.803. The third kappa shape index (κ3) is 1.49. The highest BCUT2D eigenvalue weighted by atomic mass is 15.2. The van der Waals surface area contributed by atoms with Gasteiger partial charge in [0.15, 0.2) is 0 Å². The highest BCUT2D eigenvalue weighted by Crippen LogP contribution is 2.11. The van der Waals surface area contributed by atoms with Crippen LogP contribution in [0.1, 0.15) is 23.4 Å². The minimum absolute atomic E-state index is 0.803. The van der Waals surface area contributed by atoms with E-state index in [9.17, 15) is 0 Å². The van der Waals surface area contributed by atoms with Gasteiger partial charge in [-0.15, -0.1) is 0 Å². The zero-order chi connectivity index (χ0) is 9.26. The molecule has 0 saturated heterocycles. The highest BCUT2D eigenvalue weighted by molar-refractivity contribution is 6.08. The summed E-state index contributed by atoms with van der Waals surface area (Å²) in [4.78, 5) is 4.44. The van der Waals surface area contributed by atoms with Crippen molar-refractivity contribution >= 4 is 11.9 Å². The van der Waals surface area contributed by atoms with Crippen LogP contribution in [0, 0.1) is 13.8 Å². The molecule has 0 aromatic carbocycles. The first kappa shape index (κ1) is 8.10. The Balaban J connectivity index is 2.45. The van der Waals surface area contributed by atoms with E-state index < -0.39 is 0 Å². The molecule has 0 unspecified atom stereocenters. The third-order valence-corrected chi connectivity index (χ3v) is 2.05. The minimum Gasteiger partial charge on any atom is -0.251 e. The van der Waals surface area contributed by atoms with Crippen LogP contribution in [0.25, 0.3) is 0 Å². The maximum Gasteiger partial charge on any atom is 0.0943 e. The summed E-state index contributed by atoms with van der Waals surface area (Å²) < 4.78 is 0. The van der Waals surface area contributed by atoms with Gasteiger partial charge in [0.2, 0.25) is 0 Å². The van der Waals surface area contributed by atoms with E-state index in [0.29, 0.717) is 0 Å². The average molecular weight is 173 g/mol. The molecule has 0 aliphatic carbocycles. The lowest BCUT2D eigenvalue weighted by atomic mass is 10.1. The van der Waals surface area contributed by atoms with Gasteiger partial charge in [0.25, 0.3) is 0 Å². The van der Waals surface area contributed by atoms with E-state index in [1.165, 1.54) is 0 Å². The fourth-order valence-corrected chi connectivity index (χ4v) is 1.34.